The van der Waals surface area contributed by atoms with Crippen LogP contribution in [-0.4, -0.2) is 60.0 Å². The number of nitrogens with one attached hydrogen (secondary N) is 1. The number of aryl methyl sites for hydroxylation is 2. The molecule has 1 saturated heterocycles. The maximum Gasteiger partial charge on any atom is 0.259 e. The lowest BCUT2D eigenvalue weighted by molar-refractivity contribution is -0.117. The second-order valence-electron chi connectivity index (χ2n) is 11.8. The number of nitroso groups, excluding NO2 is 1. The highest BCUT2D eigenvalue weighted by Crippen LogP contribution is 2.34. The second kappa shape index (κ2) is 12.4. The van der Waals surface area contributed by atoms with E-state index in [9.17, 15) is 9.70 Å². The summed E-state index contributed by atoms with van der Waals surface area (Å²) in [6, 6.07) is 17.9. The van der Waals surface area contributed by atoms with E-state index in [4.69, 9.17) is 14.6 Å². The van der Waals surface area contributed by atoms with Crippen molar-refractivity contribution in [3.8, 4) is 11.4 Å². The summed E-state index contributed by atoms with van der Waals surface area (Å²) in [7, 11) is 0. The van der Waals surface area contributed by atoms with Gasteiger partial charge in [-0.1, -0.05) is 51.1 Å². The van der Waals surface area contributed by atoms with Gasteiger partial charge in [0.2, 0.25) is 6.04 Å². The number of ether oxygens (including phenoxy) is 2. The lowest BCUT2D eigenvalue weighted by Gasteiger charge is -2.26. The molecule has 4 aromatic rings. The van der Waals surface area contributed by atoms with Crippen molar-refractivity contribution in [3.63, 3.8) is 0 Å². The zero-order valence-electron chi connectivity index (χ0n) is 25.0. The summed E-state index contributed by atoms with van der Waals surface area (Å²) < 4.78 is 13.3. The van der Waals surface area contributed by atoms with Crippen LogP contribution in [0.25, 0.3) is 16.5 Å². The number of carbonyl (C=O) groups is 1. The second-order valence-corrected chi connectivity index (χ2v) is 11.8. The van der Waals surface area contributed by atoms with Gasteiger partial charge in [0.15, 0.2) is 0 Å². The molecule has 1 amide bonds. The van der Waals surface area contributed by atoms with Crippen molar-refractivity contribution >= 4 is 22.4 Å². The number of benzene rings is 3. The van der Waals surface area contributed by atoms with Crippen molar-refractivity contribution in [2.75, 3.05) is 44.8 Å². The van der Waals surface area contributed by atoms with E-state index in [-0.39, 0.29) is 5.41 Å². The molecule has 0 bridgehead atoms. The van der Waals surface area contributed by atoms with Gasteiger partial charge in [0.25, 0.3) is 5.91 Å². The first kappa shape index (κ1) is 29.4. The third-order valence-corrected chi connectivity index (χ3v) is 7.79. The van der Waals surface area contributed by atoms with Crippen LogP contribution < -0.4 is 10.1 Å². The van der Waals surface area contributed by atoms with E-state index in [1.54, 1.807) is 4.68 Å². The summed E-state index contributed by atoms with van der Waals surface area (Å²) in [5, 5.41) is 12.8. The predicted octanol–water partition coefficient (Wildman–Crippen LogP) is 6.10. The van der Waals surface area contributed by atoms with Crippen LogP contribution in [0.4, 0.5) is 5.69 Å². The number of carbonyl (C=O) groups excluding carboxylic acids is 1. The van der Waals surface area contributed by atoms with Gasteiger partial charge in [0.05, 0.1) is 30.3 Å². The molecule has 5 rings (SSSR count). The molecule has 1 aliphatic rings. The summed E-state index contributed by atoms with van der Waals surface area (Å²) in [6.45, 7) is 14.9. The Morgan fingerprint density at radius 1 is 1.02 bits per heavy atom. The lowest BCUT2D eigenvalue weighted by Crippen LogP contribution is -2.38. The third-order valence-electron chi connectivity index (χ3n) is 7.79. The highest BCUT2D eigenvalue weighted by Gasteiger charge is 2.30. The highest BCUT2D eigenvalue weighted by atomic mass is 16.5. The first-order chi connectivity index (χ1) is 20.2. The summed E-state index contributed by atoms with van der Waals surface area (Å²) >= 11 is 0. The van der Waals surface area contributed by atoms with Gasteiger partial charge in [-0.3, -0.25) is 9.69 Å². The van der Waals surface area contributed by atoms with E-state index in [1.165, 1.54) is 0 Å². The lowest BCUT2D eigenvalue weighted by atomic mass is 9.92. The minimum Gasteiger partial charge on any atom is -0.492 e. The van der Waals surface area contributed by atoms with Gasteiger partial charge in [-0.15, -0.1) is 4.91 Å². The van der Waals surface area contributed by atoms with Crippen LogP contribution in [0.2, 0.25) is 0 Å². The Morgan fingerprint density at radius 3 is 2.45 bits per heavy atom. The molecule has 0 radical (unpaired) electrons. The minimum atomic E-state index is -1.31. The van der Waals surface area contributed by atoms with Crippen molar-refractivity contribution in [1.82, 2.24) is 14.7 Å². The van der Waals surface area contributed by atoms with Crippen molar-refractivity contribution in [3.05, 3.63) is 88.1 Å². The van der Waals surface area contributed by atoms with E-state index in [0.717, 1.165) is 71.9 Å². The summed E-state index contributed by atoms with van der Waals surface area (Å²) in [6.07, 6.45) is 0. The fourth-order valence-electron chi connectivity index (χ4n) is 5.07. The van der Waals surface area contributed by atoms with Crippen molar-refractivity contribution < 1.29 is 14.3 Å². The Labute approximate surface area is 246 Å². The molecule has 1 fully saturated rings. The summed E-state index contributed by atoms with van der Waals surface area (Å²) in [5.74, 6) is 0.214. The third kappa shape index (κ3) is 6.37. The number of fused-ring (bicyclic) bond motifs is 1. The van der Waals surface area contributed by atoms with Crippen LogP contribution in [0.15, 0.2) is 65.8 Å². The molecule has 1 N–H and O–H groups in total. The fraction of sp³-hybridized carbons (Fsp3) is 0.394. The van der Waals surface area contributed by atoms with Crippen LogP contribution in [0, 0.1) is 18.8 Å². The molecule has 9 heteroatoms. The van der Waals surface area contributed by atoms with Crippen LogP contribution in [-0.2, 0) is 14.9 Å². The largest absolute Gasteiger partial charge is 0.492 e. The van der Waals surface area contributed by atoms with Gasteiger partial charge in [-0.2, -0.15) is 5.10 Å². The molecule has 42 heavy (non-hydrogen) atoms. The van der Waals surface area contributed by atoms with Crippen molar-refractivity contribution in [2.24, 2.45) is 5.18 Å². The standard InChI is InChI=1S/C33H39N5O4/c1-22-10-11-24(20-23(22)2)38-28(21-30(35-38)33(3,4)5)31(36-40)32(39)34-27-12-13-29(26-9-7-6-8-25(26)27)42-19-16-37-14-17-41-18-15-37/h6-13,20-21,31H,14-19H2,1-5H3,(H,34,39). The zero-order chi connectivity index (χ0) is 29.9. The molecule has 0 saturated carbocycles. The van der Waals surface area contributed by atoms with Crippen LogP contribution >= 0.6 is 0 Å². The SMILES string of the molecule is Cc1ccc(-n2nc(C(C)(C)C)cc2C(N=O)C(=O)Nc2ccc(OCCN3CCOCC3)c3ccccc23)cc1C. The van der Waals surface area contributed by atoms with Gasteiger partial charge in [-0.05, 0) is 60.5 Å². The Kier molecular flexibility index (Phi) is 8.70. The number of hydrogen-bond donors (Lipinski definition) is 1. The minimum absolute atomic E-state index is 0.294. The molecule has 1 atom stereocenters. The molecule has 3 aromatic carbocycles. The van der Waals surface area contributed by atoms with E-state index in [1.807, 2.05) is 95.3 Å². The van der Waals surface area contributed by atoms with Crippen LogP contribution in [0.1, 0.15) is 49.3 Å². The number of rotatable bonds is 9. The maximum atomic E-state index is 13.7. The van der Waals surface area contributed by atoms with Gasteiger partial charge >= 0.3 is 0 Å². The number of morpholine rings is 1. The number of aromatic nitrogens is 2. The number of nitrogens with zero attached hydrogens (tertiary/aromatic N) is 4. The molecule has 1 aromatic heterocycles. The molecule has 1 aliphatic heterocycles. The maximum absolute atomic E-state index is 13.7. The first-order valence-corrected chi connectivity index (χ1v) is 14.4. The summed E-state index contributed by atoms with van der Waals surface area (Å²) in [4.78, 5) is 28.3. The van der Waals surface area contributed by atoms with Gasteiger partial charge < -0.3 is 14.8 Å². The quantitative estimate of drug-likeness (QED) is 0.245. The van der Waals surface area contributed by atoms with Gasteiger partial charge in [0, 0.05) is 41.5 Å². The molecule has 9 nitrogen and oxygen atoms in total. The first-order valence-electron chi connectivity index (χ1n) is 14.4. The molecular weight excluding hydrogens is 530 g/mol. The molecule has 0 spiro atoms. The van der Waals surface area contributed by atoms with E-state index in [2.05, 4.69) is 15.4 Å². The average molecular weight is 570 g/mol. The molecule has 2 heterocycles. The predicted molar refractivity (Wildman–Crippen MR) is 166 cm³/mol. The monoisotopic (exact) mass is 569 g/mol. The Hall–Kier alpha value is -4.08. The number of hydrogen-bond acceptors (Lipinski definition) is 7. The van der Waals surface area contributed by atoms with Crippen molar-refractivity contribution in [1.29, 1.82) is 0 Å². The smallest absolute Gasteiger partial charge is 0.259 e. The van der Waals surface area contributed by atoms with Gasteiger partial charge in [-0.25, -0.2) is 4.68 Å². The normalized spacial score (nSPS) is 15.0. The topological polar surface area (TPSA) is 98.0 Å². The molecule has 0 aliphatic carbocycles. The van der Waals surface area contributed by atoms with Crippen LogP contribution in [0.5, 0.6) is 5.75 Å². The fourth-order valence-corrected chi connectivity index (χ4v) is 5.07. The Balaban J connectivity index is 1.42. The summed E-state index contributed by atoms with van der Waals surface area (Å²) in [5.41, 5.74) is 4.48. The molecule has 1 unspecified atom stereocenters. The Bertz CT molecular complexity index is 1580. The number of anilines is 1. The molecular formula is C33H39N5O4. The number of amides is 1. The van der Waals surface area contributed by atoms with E-state index in [0.29, 0.717) is 18.0 Å². The van der Waals surface area contributed by atoms with E-state index >= 15 is 0 Å². The Morgan fingerprint density at radius 2 is 1.76 bits per heavy atom. The van der Waals surface area contributed by atoms with E-state index < -0.39 is 11.9 Å². The highest BCUT2D eigenvalue weighted by molar-refractivity contribution is 6.05. The average Bonchev–Trinajstić information content (AvgIpc) is 3.42. The van der Waals surface area contributed by atoms with Crippen LogP contribution in [0.3, 0.4) is 0 Å². The van der Waals surface area contributed by atoms with Gasteiger partial charge in [0.1, 0.15) is 12.4 Å². The van der Waals surface area contributed by atoms with Crippen molar-refractivity contribution in [2.45, 2.75) is 46.1 Å². The zero-order valence-corrected chi connectivity index (χ0v) is 25.0. The molecule has 220 valence electrons.